The van der Waals surface area contributed by atoms with Gasteiger partial charge in [0.25, 0.3) is 0 Å². The molecule has 0 aliphatic heterocycles. The SMILES string of the molecule is COC(=O)CSCCCSC1=CC(OC)CC1=O. The lowest BCUT2D eigenvalue weighted by Crippen LogP contribution is -2.05. The van der Waals surface area contributed by atoms with Crippen LogP contribution >= 0.6 is 23.5 Å². The van der Waals surface area contributed by atoms with Gasteiger partial charge in [-0.2, -0.15) is 11.8 Å². The maximum Gasteiger partial charge on any atom is 0.315 e. The van der Waals surface area contributed by atoms with E-state index in [0.717, 1.165) is 22.8 Å². The lowest BCUT2D eigenvalue weighted by atomic mass is 10.3. The Bertz CT molecular complexity index is 328. The molecule has 1 unspecified atom stereocenters. The number of hydrogen-bond acceptors (Lipinski definition) is 6. The van der Waals surface area contributed by atoms with Crippen molar-refractivity contribution in [3.8, 4) is 0 Å². The smallest absolute Gasteiger partial charge is 0.315 e. The Balaban J connectivity index is 2.08. The van der Waals surface area contributed by atoms with Crippen LogP contribution in [0.2, 0.25) is 0 Å². The molecule has 6 heteroatoms. The molecule has 0 spiro atoms. The summed E-state index contributed by atoms with van der Waals surface area (Å²) in [4.78, 5) is 23.2. The average molecular weight is 290 g/mol. The summed E-state index contributed by atoms with van der Waals surface area (Å²) in [6.45, 7) is 0. The highest BCUT2D eigenvalue weighted by Gasteiger charge is 2.23. The van der Waals surface area contributed by atoms with E-state index in [1.165, 1.54) is 7.11 Å². The maximum absolute atomic E-state index is 11.6. The van der Waals surface area contributed by atoms with Crippen molar-refractivity contribution in [2.75, 3.05) is 31.5 Å². The number of carbonyl (C=O) groups is 2. The highest BCUT2D eigenvalue weighted by Crippen LogP contribution is 2.27. The van der Waals surface area contributed by atoms with E-state index in [2.05, 4.69) is 4.74 Å². The predicted octanol–water partition coefficient (Wildman–Crippen LogP) is 1.89. The molecule has 102 valence electrons. The average Bonchev–Trinajstić information content (AvgIpc) is 2.74. The van der Waals surface area contributed by atoms with Gasteiger partial charge in [-0.05, 0) is 24.0 Å². The Labute approximate surface area is 116 Å². The van der Waals surface area contributed by atoms with E-state index in [-0.39, 0.29) is 17.9 Å². The standard InChI is InChI=1S/C12H18O4S2/c1-15-9-6-10(13)11(7-9)18-5-3-4-17-8-12(14)16-2/h7,9H,3-6,8H2,1-2H3. The largest absolute Gasteiger partial charge is 0.468 e. The van der Waals surface area contributed by atoms with Crippen molar-refractivity contribution >= 4 is 35.3 Å². The van der Waals surface area contributed by atoms with Crippen molar-refractivity contribution in [3.05, 3.63) is 11.0 Å². The van der Waals surface area contributed by atoms with Gasteiger partial charge >= 0.3 is 5.97 Å². The molecule has 0 fully saturated rings. The highest BCUT2D eigenvalue weighted by atomic mass is 32.2. The topological polar surface area (TPSA) is 52.6 Å². The molecule has 0 heterocycles. The van der Waals surface area contributed by atoms with E-state index >= 15 is 0 Å². The van der Waals surface area contributed by atoms with Crippen LogP contribution in [0.25, 0.3) is 0 Å². The summed E-state index contributed by atoms with van der Waals surface area (Å²) in [6, 6.07) is 0. The normalized spacial score (nSPS) is 18.9. The fourth-order valence-corrected chi connectivity index (χ4v) is 3.40. The molecule has 1 rings (SSSR count). The first kappa shape index (κ1) is 15.6. The van der Waals surface area contributed by atoms with Crippen molar-refractivity contribution in [2.24, 2.45) is 0 Å². The Morgan fingerprint density at radius 2 is 2.22 bits per heavy atom. The lowest BCUT2D eigenvalue weighted by molar-refractivity contribution is -0.137. The quantitative estimate of drug-likeness (QED) is 0.502. The van der Waals surface area contributed by atoms with Crippen molar-refractivity contribution in [2.45, 2.75) is 18.9 Å². The van der Waals surface area contributed by atoms with Gasteiger partial charge in [-0.25, -0.2) is 0 Å². The monoisotopic (exact) mass is 290 g/mol. The molecule has 0 aromatic heterocycles. The van der Waals surface area contributed by atoms with Gasteiger partial charge in [-0.15, -0.1) is 11.8 Å². The van der Waals surface area contributed by atoms with E-state index in [4.69, 9.17) is 4.74 Å². The molecule has 1 aliphatic carbocycles. The van der Waals surface area contributed by atoms with Crippen LogP contribution in [0.3, 0.4) is 0 Å². The van der Waals surface area contributed by atoms with Gasteiger partial charge in [0, 0.05) is 18.4 Å². The third-order valence-corrected chi connectivity index (χ3v) is 4.62. The fraction of sp³-hybridized carbons (Fsp3) is 0.667. The Hall–Kier alpha value is -0.460. The van der Waals surface area contributed by atoms with Gasteiger partial charge < -0.3 is 9.47 Å². The van der Waals surface area contributed by atoms with Crippen LogP contribution in [0.15, 0.2) is 11.0 Å². The molecule has 0 saturated heterocycles. The van der Waals surface area contributed by atoms with Crippen LogP contribution in [0.1, 0.15) is 12.8 Å². The van der Waals surface area contributed by atoms with E-state index in [1.807, 2.05) is 6.08 Å². The molecule has 18 heavy (non-hydrogen) atoms. The second-order valence-electron chi connectivity index (χ2n) is 3.76. The van der Waals surface area contributed by atoms with Gasteiger partial charge in [-0.1, -0.05) is 0 Å². The van der Waals surface area contributed by atoms with Crippen molar-refractivity contribution in [1.82, 2.24) is 0 Å². The van der Waals surface area contributed by atoms with Gasteiger partial charge in [0.2, 0.25) is 0 Å². The van der Waals surface area contributed by atoms with Gasteiger partial charge in [-0.3, -0.25) is 9.59 Å². The van der Waals surface area contributed by atoms with Gasteiger partial charge in [0.05, 0.1) is 19.0 Å². The zero-order valence-corrected chi connectivity index (χ0v) is 12.3. The minimum atomic E-state index is -0.190. The molecule has 4 nitrogen and oxygen atoms in total. The summed E-state index contributed by atoms with van der Waals surface area (Å²) >= 11 is 3.14. The zero-order chi connectivity index (χ0) is 13.4. The summed E-state index contributed by atoms with van der Waals surface area (Å²) in [5, 5.41) is 0. The number of thioether (sulfide) groups is 2. The molecule has 1 atom stereocenters. The summed E-state index contributed by atoms with van der Waals surface area (Å²) < 4.78 is 9.67. The molecule has 0 saturated carbocycles. The van der Waals surface area contributed by atoms with Crippen LogP contribution in [-0.2, 0) is 19.1 Å². The first-order chi connectivity index (χ1) is 8.67. The third kappa shape index (κ3) is 5.46. The first-order valence-corrected chi connectivity index (χ1v) is 7.86. The molecule has 0 amide bonds. The third-order valence-electron chi connectivity index (χ3n) is 2.44. The molecule has 0 radical (unpaired) electrons. The second-order valence-corrected chi connectivity index (χ2v) is 6.01. The molecule has 0 N–H and O–H groups in total. The Morgan fingerprint density at radius 1 is 1.44 bits per heavy atom. The number of esters is 1. The maximum atomic E-state index is 11.6. The Morgan fingerprint density at radius 3 is 2.83 bits per heavy atom. The summed E-state index contributed by atoms with van der Waals surface area (Å²) in [6.07, 6.45) is 3.28. The zero-order valence-electron chi connectivity index (χ0n) is 10.6. The second kappa shape index (κ2) is 8.61. The van der Waals surface area contributed by atoms with E-state index in [1.54, 1.807) is 30.6 Å². The molecule has 0 aromatic rings. The summed E-state index contributed by atoms with van der Waals surface area (Å²) in [5.41, 5.74) is 0. The van der Waals surface area contributed by atoms with Crippen molar-refractivity contribution < 1.29 is 19.1 Å². The van der Waals surface area contributed by atoms with Crippen LogP contribution in [-0.4, -0.2) is 49.3 Å². The van der Waals surface area contributed by atoms with Crippen LogP contribution in [0, 0.1) is 0 Å². The number of ketones is 1. The van der Waals surface area contributed by atoms with Crippen LogP contribution in [0.5, 0.6) is 0 Å². The first-order valence-electron chi connectivity index (χ1n) is 5.72. The minimum Gasteiger partial charge on any atom is -0.468 e. The van der Waals surface area contributed by atoms with Crippen LogP contribution < -0.4 is 0 Å². The molecule has 0 aromatic carbocycles. The number of ether oxygens (including phenoxy) is 2. The highest BCUT2D eigenvalue weighted by molar-refractivity contribution is 8.04. The number of rotatable bonds is 8. The molecular formula is C12H18O4S2. The Kier molecular flexibility index (Phi) is 7.46. The number of methoxy groups -OCH3 is 2. The van der Waals surface area contributed by atoms with Crippen molar-refractivity contribution in [3.63, 3.8) is 0 Å². The molecular weight excluding hydrogens is 272 g/mol. The summed E-state index contributed by atoms with van der Waals surface area (Å²) in [5.74, 6) is 2.17. The summed E-state index contributed by atoms with van der Waals surface area (Å²) in [7, 11) is 3.01. The van der Waals surface area contributed by atoms with Gasteiger partial charge in [0.1, 0.15) is 0 Å². The molecule has 1 aliphatic rings. The van der Waals surface area contributed by atoms with E-state index < -0.39 is 0 Å². The van der Waals surface area contributed by atoms with E-state index in [0.29, 0.717) is 12.2 Å². The number of hydrogen-bond donors (Lipinski definition) is 0. The number of Topliss-reactive ketones (excluding diaryl/α,β-unsaturated/α-hetero) is 1. The number of carbonyl (C=O) groups excluding carboxylic acids is 2. The fourth-order valence-electron chi connectivity index (χ4n) is 1.44. The molecule has 0 bridgehead atoms. The van der Waals surface area contributed by atoms with E-state index in [9.17, 15) is 9.59 Å². The lowest BCUT2D eigenvalue weighted by Gasteiger charge is -2.01. The number of allylic oxidation sites excluding steroid dienone is 1. The van der Waals surface area contributed by atoms with Crippen molar-refractivity contribution in [1.29, 1.82) is 0 Å². The van der Waals surface area contributed by atoms with Crippen LogP contribution in [0.4, 0.5) is 0 Å². The predicted molar refractivity (Wildman–Crippen MR) is 74.9 cm³/mol. The minimum absolute atomic E-state index is 0.0475. The van der Waals surface area contributed by atoms with Gasteiger partial charge in [0.15, 0.2) is 5.78 Å².